The number of nitrogens with one attached hydrogen (secondary N) is 2. The molecule has 0 atom stereocenters. The molecule has 0 radical (unpaired) electrons. The van der Waals surface area contributed by atoms with E-state index in [2.05, 4.69) is 15.6 Å². The maximum atomic E-state index is 13.0. The lowest BCUT2D eigenvalue weighted by molar-refractivity contribution is -0.137. The summed E-state index contributed by atoms with van der Waals surface area (Å²) in [4.78, 5) is 42.3. The average Bonchev–Trinajstić information content (AvgIpc) is 2.79. The molecule has 176 valence electrons. The molecule has 2 aromatic carbocycles. The largest absolute Gasteiger partial charge is 0.417 e. The molecular formula is C23H18ClF3N4O3. The van der Waals surface area contributed by atoms with E-state index in [9.17, 15) is 27.6 Å². The number of benzene rings is 2. The quantitative estimate of drug-likeness (QED) is 0.523. The predicted molar refractivity (Wildman–Crippen MR) is 121 cm³/mol. The van der Waals surface area contributed by atoms with Crippen LogP contribution in [0.1, 0.15) is 26.3 Å². The summed E-state index contributed by atoms with van der Waals surface area (Å²) in [6.07, 6.45) is -1.75. The summed E-state index contributed by atoms with van der Waals surface area (Å²) in [6, 6.07) is 12.3. The van der Waals surface area contributed by atoms with Gasteiger partial charge in [-0.3, -0.25) is 19.4 Å². The number of alkyl halides is 3. The van der Waals surface area contributed by atoms with Crippen LogP contribution in [0, 0.1) is 0 Å². The van der Waals surface area contributed by atoms with Crippen molar-refractivity contribution < 1.29 is 27.6 Å². The minimum Gasteiger partial charge on any atom is -0.332 e. The molecule has 3 aromatic rings. The Balaban J connectivity index is 1.64. The number of likely N-dealkylation sites (N-methyl/N-ethyl adjacent to an activating group) is 1. The number of carbonyl (C=O) groups excluding carboxylic acids is 3. The number of pyridine rings is 1. The number of aromatic nitrogens is 1. The molecule has 1 aromatic heterocycles. The molecule has 0 saturated carbocycles. The summed E-state index contributed by atoms with van der Waals surface area (Å²) in [6.45, 7) is -0.422. The Morgan fingerprint density at radius 3 is 2.35 bits per heavy atom. The molecule has 0 bridgehead atoms. The molecule has 0 aliphatic carbocycles. The molecule has 0 spiro atoms. The summed E-state index contributed by atoms with van der Waals surface area (Å²) in [5.74, 6) is -1.64. The molecular weight excluding hydrogens is 473 g/mol. The minimum absolute atomic E-state index is 0.109. The van der Waals surface area contributed by atoms with Crippen LogP contribution < -0.4 is 10.6 Å². The van der Waals surface area contributed by atoms with Crippen LogP contribution in [0.4, 0.5) is 24.5 Å². The Morgan fingerprint density at radius 1 is 0.971 bits per heavy atom. The van der Waals surface area contributed by atoms with E-state index in [0.717, 1.165) is 17.0 Å². The van der Waals surface area contributed by atoms with Gasteiger partial charge in [-0.15, -0.1) is 0 Å². The summed E-state index contributed by atoms with van der Waals surface area (Å²) < 4.78 is 39.0. The van der Waals surface area contributed by atoms with Crippen molar-refractivity contribution in [3.63, 3.8) is 0 Å². The van der Waals surface area contributed by atoms with Crippen molar-refractivity contribution in [3.8, 4) is 0 Å². The zero-order valence-electron chi connectivity index (χ0n) is 17.7. The van der Waals surface area contributed by atoms with Gasteiger partial charge in [0.2, 0.25) is 5.91 Å². The summed E-state index contributed by atoms with van der Waals surface area (Å²) in [7, 11) is 1.37. The Kier molecular flexibility index (Phi) is 7.52. The topological polar surface area (TPSA) is 91.4 Å². The first-order valence-electron chi connectivity index (χ1n) is 9.78. The number of rotatable bonds is 6. The van der Waals surface area contributed by atoms with E-state index < -0.39 is 41.0 Å². The fourth-order valence-corrected chi connectivity index (χ4v) is 3.18. The average molecular weight is 491 g/mol. The van der Waals surface area contributed by atoms with Gasteiger partial charge in [-0.1, -0.05) is 17.7 Å². The lowest BCUT2D eigenvalue weighted by atomic mass is 10.1. The van der Waals surface area contributed by atoms with Crippen LogP contribution >= 0.6 is 11.6 Å². The van der Waals surface area contributed by atoms with Crippen molar-refractivity contribution in [1.29, 1.82) is 0 Å². The van der Waals surface area contributed by atoms with E-state index in [1.807, 2.05) is 0 Å². The highest BCUT2D eigenvalue weighted by atomic mass is 35.5. The highest BCUT2D eigenvalue weighted by Gasteiger charge is 2.33. The Hall–Kier alpha value is -3.92. The number of halogens is 4. The van der Waals surface area contributed by atoms with E-state index in [1.165, 1.54) is 37.6 Å². The minimum atomic E-state index is -4.68. The van der Waals surface area contributed by atoms with Crippen LogP contribution in [-0.4, -0.2) is 41.2 Å². The van der Waals surface area contributed by atoms with Crippen molar-refractivity contribution in [3.05, 3.63) is 88.7 Å². The number of hydrogen-bond donors (Lipinski definition) is 2. The molecule has 2 N–H and O–H groups in total. The summed E-state index contributed by atoms with van der Waals surface area (Å²) in [5.41, 5.74) is -0.295. The van der Waals surface area contributed by atoms with Crippen molar-refractivity contribution in [2.24, 2.45) is 0 Å². The number of amides is 3. The Labute approximate surface area is 197 Å². The van der Waals surface area contributed by atoms with Gasteiger partial charge < -0.3 is 15.5 Å². The van der Waals surface area contributed by atoms with Gasteiger partial charge in [0.1, 0.15) is 0 Å². The van der Waals surface area contributed by atoms with E-state index in [4.69, 9.17) is 11.6 Å². The van der Waals surface area contributed by atoms with Gasteiger partial charge in [0.25, 0.3) is 11.8 Å². The fourth-order valence-electron chi connectivity index (χ4n) is 2.96. The second-order valence-electron chi connectivity index (χ2n) is 7.18. The second kappa shape index (κ2) is 10.3. The van der Waals surface area contributed by atoms with Gasteiger partial charge in [0, 0.05) is 36.4 Å². The van der Waals surface area contributed by atoms with Crippen LogP contribution in [0.5, 0.6) is 0 Å². The number of carbonyl (C=O) groups is 3. The molecule has 0 fully saturated rings. The number of anilines is 2. The number of nitrogens with zero attached hydrogens (tertiary/aromatic N) is 2. The first-order chi connectivity index (χ1) is 16.0. The van der Waals surface area contributed by atoms with Gasteiger partial charge >= 0.3 is 6.18 Å². The van der Waals surface area contributed by atoms with Crippen LogP contribution in [0.25, 0.3) is 0 Å². The maximum Gasteiger partial charge on any atom is 0.417 e. The molecule has 0 saturated heterocycles. The SMILES string of the molecule is CN(CC(=O)Nc1ccc(Cl)c(C(F)(F)F)c1)C(=O)c1cccc(NC(=O)c2cccnc2)c1. The molecule has 3 rings (SSSR count). The zero-order chi connectivity index (χ0) is 24.9. The standard InChI is InChI=1S/C23H18ClF3N4O3/c1-31(13-20(32)29-17-7-8-19(24)18(11-17)23(25,26)27)22(34)14-4-2-6-16(10-14)30-21(33)15-5-3-9-28-12-15/h2-12H,13H2,1H3,(H,29,32)(H,30,33). The van der Waals surface area contributed by atoms with E-state index in [-0.39, 0.29) is 11.3 Å². The molecule has 0 unspecified atom stereocenters. The molecule has 34 heavy (non-hydrogen) atoms. The van der Waals surface area contributed by atoms with E-state index >= 15 is 0 Å². The molecule has 7 nitrogen and oxygen atoms in total. The maximum absolute atomic E-state index is 13.0. The Bertz CT molecular complexity index is 1220. The smallest absolute Gasteiger partial charge is 0.332 e. The monoisotopic (exact) mass is 490 g/mol. The van der Waals surface area contributed by atoms with Gasteiger partial charge in [0.15, 0.2) is 0 Å². The first-order valence-corrected chi connectivity index (χ1v) is 10.2. The van der Waals surface area contributed by atoms with Crippen molar-refractivity contribution in [2.75, 3.05) is 24.2 Å². The van der Waals surface area contributed by atoms with E-state index in [1.54, 1.807) is 24.3 Å². The van der Waals surface area contributed by atoms with Gasteiger partial charge in [-0.2, -0.15) is 13.2 Å². The first kappa shape index (κ1) is 24.7. The number of hydrogen-bond acceptors (Lipinski definition) is 4. The van der Waals surface area contributed by atoms with Crippen LogP contribution in [-0.2, 0) is 11.0 Å². The third-order valence-electron chi connectivity index (χ3n) is 4.57. The van der Waals surface area contributed by atoms with Crippen molar-refractivity contribution in [2.45, 2.75) is 6.18 Å². The lowest BCUT2D eigenvalue weighted by Gasteiger charge is -2.18. The van der Waals surface area contributed by atoms with Crippen LogP contribution in [0.3, 0.4) is 0 Å². The van der Waals surface area contributed by atoms with E-state index in [0.29, 0.717) is 11.3 Å². The van der Waals surface area contributed by atoms with Gasteiger partial charge in [-0.25, -0.2) is 0 Å². The molecule has 0 aliphatic rings. The highest BCUT2D eigenvalue weighted by Crippen LogP contribution is 2.36. The third-order valence-corrected chi connectivity index (χ3v) is 4.90. The summed E-state index contributed by atoms with van der Waals surface area (Å²) >= 11 is 5.58. The molecule has 11 heteroatoms. The van der Waals surface area contributed by atoms with Crippen molar-refractivity contribution in [1.82, 2.24) is 9.88 Å². The zero-order valence-corrected chi connectivity index (χ0v) is 18.4. The Morgan fingerprint density at radius 2 is 1.68 bits per heavy atom. The molecule has 1 heterocycles. The predicted octanol–water partition coefficient (Wildman–Crippen LogP) is 4.72. The van der Waals surface area contributed by atoms with Gasteiger partial charge in [0.05, 0.1) is 22.7 Å². The van der Waals surface area contributed by atoms with Crippen molar-refractivity contribution >= 4 is 40.7 Å². The lowest BCUT2D eigenvalue weighted by Crippen LogP contribution is -2.35. The van der Waals surface area contributed by atoms with Crippen LogP contribution in [0.15, 0.2) is 67.0 Å². The van der Waals surface area contributed by atoms with Gasteiger partial charge in [-0.05, 0) is 48.5 Å². The highest BCUT2D eigenvalue weighted by molar-refractivity contribution is 6.31. The second-order valence-corrected chi connectivity index (χ2v) is 7.59. The van der Waals surface area contributed by atoms with Crippen LogP contribution in [0.2, 0.25) is 5.02 Å². The fraction of sp³-hybridized carbons (Fsp3) is 0.130. The molecule has 0 aliphatic heterocycles. The normalized spacial score (nSPS) is 11.0. The molecule has 3 amide bonds. The summed E-state index contributed by atoms with van der Waals surface area (Å²) in [5, 5.41) is 4.48. The third kappa shape index (κ3) is 6.32.